The van der Waals surface area contributed by atoms with Crippen LogP contribution >= 0.6 is 0 Å². The lowest BCUT2D eigenvalue weighted by atomic mass is 9.81. The first-order valence-electron chi connectivity index (χ1n) is 7.18. The fourth-order valence-corrected chi connectivity index (χ4v) is 2.50. The molecule has 1 saturated heterocycles. The van der Waals surface area contributed by atoms with Crippen molar-refractivity contribution in [3.05, 3.63) is 0 Å². The first kappa shape index (κ1) is 16.8. The van der Waals surface area contributed by atoms with Gasteiger partial charge < -0.3 is 20.7 Å². The Kier molecular flexibility index (Phi) is 6.26. The monoisotopic (exact) mass is 285 g/mol. The quantitative estimate of drug-likeness (QED) is 0.656. The van der Waals surface area contributed by atoms with Crippen LogP contribution in [0.15, 0.2) is 0 Å². The summed E-state index contributed by atoms with van der Waals surface area (Å²) in [6.07, 6.45) is 1.16. The number of carbonyl (C=O) groups excluding carboxylic acids is 2. The van der Waals surface area contributed by atoms with Crippen molar-refractivity contribution in [2.45, 2.75) is 40.2 Å². The summed E-state index contributed by atoms with van der Waals surface area (Å²) >= 11 is 0. The van der Waals surface area contributed by atoms with Crippen LogP contribution in [-0.2, 0) is 9.53 Å². The smallest absolute Gasteiger partial charge is 0.314 e. The Morgan fingerprint density at radius 1 is 1.15 bits per heavy atom. The first-order chi connectivity index (χ1) is 9.30. The Balaban J connectivity index is 2.22. The van der Waals surface area contributed by atoms with Gasteiger partial charge in [-0.3, -0.25) is 4.79 Å². The number of urea groups is 1. The summed E-state index contributed by atoms with van der Waals surface area (Å²) in [4.78, 5) is 22.3. The predicted octanol–water partition coefficient (Wildman–Crippen LogP) is 0.873. The number of amides is 3. The average molecular weight is 285 g/mol. The highest BCUT2D eigenvalue weighted by Crippen LogP contribution is 2.34. The standard InChI is InChI=1S/C14H27N3O3/c1-10(18)15-6-7-16-13(19)17-9-11-5-8-20-12(11)14(2,3)4/h11-12H,5-9H2,1-4H3,(H,15,18)(H2,16,17,19)/t11-,12+/m1/s1. The van der Waals surface area contributed by atoms with Crippen LogP contribution in [-0.4, -0.2) is 44.3 Å². The number of hydrogen-bond acceptors (Lipinski definition) is 3. The van der Waals surface area contributed by atoms with Crippen molar-refractivity contribution < 1.29 is 14.3 Å². The van der Waals surface area contributed by atoms with Crippen LogP contribution in [0.1, 0.15) is 34.1 Å². The molecule has 116 valence electrons. The Morgan fingerprint density at radius 2 is 1.80 bits per heavy atom. The van der Waals surface area contributed by atoms with E-state index in [1.807, 2.05) is 0 Å². The molecule has 1 fully saturated rings. The molecule has 1 aliphatic heterocycles. The summed E-state index contributed by atoms with van der Waals surface area (Å²) in [6.45, 7) is 10.2. The van der Waals surface area contributed by atoms with Gasteiger partial charge in [-0.1, -0.05) is 20.8 Å². The minimum Gasteiger partial charge on any atom is -0.377 e. The topological polar surface area (TPSA) is 79.5 Å². The zero-order valence-corrected chi connectivity index (χ0v) is 12.9. The van der Waals surface area contributed by atoms with Crippen LogP contribution in [0.2, 0.25) is 0 Å². The lowest BCUT2D eigenvalue weighted by Gasteiger charge is -2.31. The van der Waals surface area contributed by atoms with Crippen molar-refractivity contribution in [1.29, 1.82) is 0 Å². The minimum absolute atomic E-state index is 0.0880. The van der Waals surface area contributed by atoms with Gasteiger partial charge in [-0.05, 0) is 11.8 Å². The summed E-state index contributed by atoms with van der Waals surface area (Å²) < 4.78 is 5.77. The van der Waals surface area contributed by atoms with Crippen molar-refractivity contribution in [2.24, 2.45) is 11.3 Å². The maximum Gasteiger partial charge on any atom is 0.314 e. The average Bonchev–Trinajstić information content (AvgIpc) is 2.80. The maximum atomic E-state index is 11.6. The van der Waals surface area contributed by atoms with Gasteiger partial charge in [0, 0.05) is 39.1 Å². The molecule has 0 aliphatic carbocycles. The zero-order chi connectivity index (χ0) is 15.2. The van der Waals surface area contributed by atoms with Crippen LogP contribution in [0.5, 0.6) is 0 Å². The van der Waals surface area contributed by atoms with Crippen molar-refractivity contribution in [1.82, 2.24) is 16.0 Å². The maximum absolute atomic E-state index is 11.6. The molecular weight excluding hydrogens is 258 g/mol. The number of hydrogen-bond donors (Lipinski definition) is 3. The third-order valence-corrected chi connectivity index (χ3v) is 3.38. The Labute approximate surface area is 121 Å². The van der Waals surface area contributed by atoms with E-state index in [-0.39, 0.29) is 23.5 Å². The van der Waals surface area contributed by atoms with E-state index < -0.39 is 0 Å². The second-order valence-electron chi connectivity index (χ2n) is 6.33. The number of carbonyl (C=O) groups is 2. The fraction of sp³-hybridized carbons (Fsp3) is 0.857. The molecule has 0 aromatic carbocycles. The molecule has 0 saturated carbocycles. The molecule has 0 aromatic heterocycles. The molecule has 1 rings (SSSR count). The molecule has 20 heavy (non-hydrogen) atoms. The molecule has 0 unspecified atom stereocenters. The molecule has 0 aromatic rings. The Bertz CT molecular complexity index is 339. The molecular formula is C14H27N3O3. The van der Waals surface area contributed by atoms with Gasteiger partial charge in [0.25, 0.3) is 0 Å². The normalized spacial score (nSPS) is 22.4. The summed E-state index contributed by atoms with van der Waals surface area (Å²) in [7, 11) is 0. The van der Waals surface area contributed by atoms with Crippen molar-refractivity contribution in [3.63, 3.8) is 0 Å². The zero-order valence-electron chi connectivity index (χ0n) is 12.9. The summed E-state index contributed by atoms with van der Waals surface area (Å²) in [5.41, 5.74) is 0.0880. The molecule has 6 nitrogen and oxygen atoms in total. The van der Waals surface area contributed by atoms with Crippen molar-refractivity contribution in [3.8, 4) is 0 Å². The lowest BCUT2D eigenvalue weighted by Crippen LogP contribution is -2.44. The third kappa shape index (κ3) is 5.77. The van der Waals surface area contributed by atoms with Gasteiger partial charge in [-0.25, -0.2) is 4.79 Å². The van der Waals surface area contributed by atoms with Crippen LogP contribution in [0.3, 0.4) is 0 Å². The summed E-state index contributed by atoms with van der Waals surface area (Å²) in [5.74, 6) is 0.263. The Morgan fingerprint density at radius 3 is 2.40 bits per heavy atom. The van der Waals surface area contributed by atoms with Gasteiger partial charge in [-0.2, -0.15) is 0 Å². The lowest BCUT2D eigenvalue weighted by molar-refractivity contribution is -0.118. The molecule has 0 bridgehead atoms. The molecule has 1 heterocycles. The minimum atomic E-state index is -0.199. The molecule has 0 radical (unpaired) electrons. The van der Waals surface area contributed by atoms with Gasteiger partial charge in [0.2, 0.25) is 5.91 Å². The molecule has 2 atom stereocenters. The van der Waals surface area contributed by atoms with Crippen molar-refractivity contribution in [2.75, 3.05) is 26.2 Å². The number of rotatable bonds is 5. The van der Waals surface area contributed by atoms with Crippen LogP contribution in [0.25, 0.3) is 0 Å². The van der Waals surface area contributed by atoms with Crippen LogP contribution in [0, 0.1) is 11.3 Å². The van der Waals surface area contributed by atoms with E-state index in [4.69, 9.17) is 4.74 Å². The SMILES string of the molecule is CC(=O)NCCNC(=O)NC[C@H]1CCO[C@@H]1C(C)(C)C. The second kappa shape index (κ2) is 7.47. The highest BCUT2D eigenvalue weighted by molar-refractivity contribution is 5.74. The van der Waals surface area contributed by atoms with E-state index >= 15 is 0 Å². The van der Waals surface area contributed by atoms with Crippen LogP contribution in [0.4, 0.5) is 4.79 Å². The highest BCUT2D eigenvalue weighted by atomic mass is 16.5. The van der Waals surface area contributed by atoms with E-state index in [1.54, 1.807) is 0 Å². The number of ether oxygens (including phenoxy) is 1. The van der Waals surface area contributed by atoms with Crippen molar-refractivity contribution >= 4 is 11.9 Å². The second-order valence-corrected chi connectivity index (χ2v) is 6.33. The fourth-order valence-electron chi connectivity index (χ4n) is 2.50. The van der Waals surface area contributed by atoms with Gasteiger partial charge in [0.1, 0.15) is 0 Å². The first-order valence-corrected chi connectivity index (χ1v) is 7.18. The van der Waals surface area contributed by atoms with Gasteiger partial charge in [0.05, 0.1) is 6.10 Å². The van der Waals surface area contributed by atoms with Crippen LogP contribution < -0.4 is 16.0 Å². The summed E-state index contributed by atoms with van der Waals surface area (Å²) in [5, 5.41) is 8.21. The molecule has 1 aliphatic rings. The van der Waals surface area contributed by atoms with E-state index in [2.05, 4.69) is 36.7 Å². The largest absolute Gasteiger partial charge is 0.377 e. The van der Waals surface area contributed by atoms with Gasteiger partial charge in [-0.15, -0.1) is 0 Å². The molecule has 0 spiro atoms. The molecule has 6 heteroatoms. The van der Waals surface area contributed by atoms with E-state index in [0.29, 0.717) is 25.6 Å². The van der Waals surface area contributed by atoms with E-state index in [9.17, 15) is 9.59 Å². The molecule has 3 N–H and O–H groups in total. The Hall–Kier alpha value is -1.30. The summed E-state index contributed by atoms with van der Waals surface area (Å²) in [6, 6.07) is -0.199. The van der Waals surface area contributed by atoms with E-state index in [1.165, 1.54) is 6.92 Å². The highest BCUT2D eigenvalue weighted by Gasteiger charge is 2.37. The van der Waals surface area contributed by atoms with Gasteiger partial charge >= 0.3 is 6.03 Å². The van der Waals surface area contributed by atoms with Gasteiger partial charge in [0.15, 0.2) is 0 Å². The molecule has 3 amide bonds. The number of nitrogens with one attached hydrogen (secondary N) is 3. The third-order valence-electron chi connectivity index (χ3n) is 3.38. The van der Waals surface area contributed by atoms with E-state index in [0.717, 1.165) is 13.0 Å². The predicted molar refractivity (Wildman–Crippen MR) is 77.4 cm³/mol.